The van der Waals surface area contributed by atoms with Crippen molar-refractivity contribution in [2.75, 3.05) is 0 Å². The number of carbonyl (C=O) groups is 5. The van der Waals surface area contributed by atoms with E-state index in [1.807, 2.05) is 20.8 Å². The van der Waals surface area contributed by atoms with Gasteiger partial charge in [0.05, 0.1) is 11.5 Å². The molecule has 0 aromatic carbocycles. The molecule has 14 nitrogen and oxygen atoms in total. The molecular formula is C35H46O14. The van der Waals surface area contributed by atoms with Crippen LogP contribution in [0.1, 0.15) is 68.7 Å². The number of carbonyl (C=O) groups excluding carboxylic acids is 5. The molecule has 8 fully saturated rings. The Kier molecular flexibility index (Phi) is 6.43. The van der Waals surface area contributed by atoms with Gasteiger partial charge in [0.25, 0.3) is 0 Å². The molecule has 8 aliphatic rings. The van der Waals surface area contributed by atoms with Crippen LogP contribution in [0.2, 0.25) is 0 Å². The number of hydrogen-bond donors (Lipinski definition) is 3. The smallest absolute Gasteiger partial charge is 0.341 e. The van der Waals surface area contributed by atoms with Crippen LogP contribution >= 0.6 is 0 Å². The second kappa shape index (κ2) is 9.41. The maximum Gasteiger partial charge on any atom is 0.341 e. The van der Waals surface area contributed by atoms with Crippen LogP contribution in [0.3, 0.4) is 0 Å². The highest BCUT2D eigenvalue weighted by Gasteiger charge is 2.93. The summed E-state index contributed by atoms with van der Waals surface area (Å²) in [6.07, 6.45) is -4.57. The van der Waals surface area contributed by atoms with Crippen LogP contribution in [0.5, 0.6) is 0 Å². The number of rotatable bonds is 3. The van der Waals surface area contributed by atoms with Crippen molar-refractivity contribution in [3.8, 4) is 0 Å². The summed E-state index contributed by atoms with van der Waals surface area (Å²) in [5.74, 6) is -15.1. The van der Waals surface area contributed by atoms with E-state index < -0.39 is 147 Å². The molecule has 2 unspecified atom stereocenters. The number of esters is 4. The van der Waals surface area contributed by atoms with Gasteiger partial charge >= 0.3 is 23.9 Å². The molecule has 0 bridgehead atoms. The van der Waals surface area contributed by atoms with Crippen molar-refractivity contribution >= 4 is 29.7 Å². The van der Waals surface area contributed by atoms with Crippen molar-refractivity contribution in [1.29, 1.82) is 0 Å². The van der Waals surface area contributed by atoms with Gasteiger partial charge in [0, 0.05) is 55.3 Å². The summed E-state index contributed by atoms with van der Waals surface area (Å²) in [5, 5.41) is 36.5. The molecule has 8 rings (SSSR count). The van der Waals surface area contributed by atoms with E-state index in [0.717, 1.165) is 0 Å². The number of fused-ring (bicyclic) bond motifs is 9. The van der Waals surface area contributed by atoms with E-state index in [1.54, 1.807) is 13.8 Å². The van der Waals surface area contributed by atoms with Gasteiger partial charge in [0.15, 0.2) is 11.4 Å². The van der Waals surface area contributed by atoms with Crippen molar-refractivity contribution in [3.63, 3.8) is 0 Å². The Labute approximate surface area is 283 Å². The minimum absolute atomic E-state index is 0.175. The summed E-state index contributed by atoms with van der Waals surface area (Å²) in [4.78, 5) is 66.7. The molecule has 14 heteroatoms. The first kappa shape index (κ1) is 33.5. The van der Waals surface area contributed by atoms with Gasteiger partial charge in [-0.25, -0.2) is 4.79 Å². The third-order valence-corrected chi connectivity index (χ3v) is 15.2. The van der Waals surface area contributed by atoms with E-state index >= 15 is 0 Å². The van der Waals surface area contributed by atoms with E-state index in [2.05, 4.69) is 0 Å². The molecule has 0 radical (unpaired) electrons. The molecule has 270 valence electrons. The average molecular weight is 691 g/mol. The quantitative estimate of drug-likeness (QED) is 0.161. The first-order valence-corrected chi connectivity index (χ1v) is 17.4. The Bertz CT molecular complexity index is 1590. The Morgan fingerprint density at radius 1 is 0.755 bits per heavy atom. The molecule has 5 saturated carbocycles. The standard InChI is InChI=1S/C35H46O14/c1-11-18-20(34(42,43)25(39)16-10-17-23(47-17)28(30(16,18)6)46-15(5)38)21-24(44-13(3)36)22-19(31(21,7)26(11)45-14(4)37)12(2)27-35(48-27)32(22,8)33(9,41)29(40)49-35/h11-12,16-24,26-28,41-43H,10H2,1-9H3/t11-,12-,16+,17-,18?,19-,20?,21+,22-,23-,24+,26-,27-,28-,30-,31+,32-,33+,35+/m0/s1. The van der Waals surface area contributed by atoms with Gasteiger partial charge in [-0.2, -0.15) is 0 Å². The lowest BCUT2D eigenvalue weighted by Gasteiger charge is -2.67. The van der Waals surface area contributed by atoms with Gasteiger partial charge in [-0.1, -0.05) is 27.7 Å². The van der Waals surface area contributed by atoms with Crippen LogP contribution in [0.25, 0.3) is 0 Å². The maximum absolute atomic E-state index is 14.5. The second-order valence-corrected chi connectivity index (χ2v) is 17.1. The predicted molar refractivity (Wildman–Crippen MR) is 160 cm³/mol. The van der Waals surface area contributed by atoms with Gasteiger partial charge in [-0.15, -0.1) is 0 Å². The van der Waals surface area contributed by atoms with Gasteiger partial charge in [-0.05, 0) is 43.9 Å². The van der Waals surface area contributed by atoms with Crippen molar-refractivity contribution in [3.05, 3.63) is 0 Å². The second-order valence-electron chi connectivity index (χ2n) is 17.1. The van der Waals surface area contributed by atoms with E-state index in [4.69, 9.17) is 28.4 Å². The molecule has 1 spiro atoms. The van der Waals surface area contributed by atoms with E-state index in [9.17, 15) is 39.3 Å². The number of ether oxygens (including phenoxy) is 6. The molecule has 3 saturated heterocycles. The van der Waals surface area contributed by atoms with Crippen LogP contribution in [0, 0.1) is 63.6 Å². The fraction of sp³-hybridized carbons (Fsp3) is 0.857. The lowest BCUT2D eigenvalue weighted by molar-refractivity contribution is -0.313. The fourth-order valence-corrected chi connectivity index (χ4v) is 13.5. The van der Waals surface area contributed by atoms with Crippen LogP contribution in [-0.4, -0.2) is 98.8 Å². The third-order valence-electron chi connectivity index (χ3n) is 15.2. The van der Waals surface area contributed by atoms with Crippen LogP contribution in [0.15, 0.2) is 0 Å². The Morgan fingerprint density at radius 3 is 1.92 bits per heavy atom. The summed E-state index contributed by atoms with van der Waals surface area (Å²) in [6.45, 7) is 14.1. The number of Topliss-reactive ketones (excluding diaryl/α,β-unsaturated/α-hetero) is 1. The number of ketones is 1. The SMILES string of the molecule is CC(=O)O[C@H]1[C@@H]2[C@H]([C@H](C)[C@@H]3O[C@@]34OC(=O)[C@@](C)(O)[C@]24C)[C@]2(C)[C@@H]1C1C([C@H](C)[C@@H]2OC(C)=O)[C@]2(C)[C@H](C[C@@H]3O[C@@H]3[C@@H]2OC(C)=O)C(=O)C1(O)O. The summed E-state index contributed by atoms with van der Waals surface area (Å²) in [7, 11) is 0. The van der Waals surface area contributed by atoms with E-state index in [-0.39, 0.29) is 6.42 Å². The number of aliphatic hydroxyl groups is 3. The number of hydrogen-bond acceptors (Lipinski definition) is 14. The zero-order chi connectivity index (χ0) is 35.9. The molecule has 49 heavy (non-hydrogen) atoms. The normalized spacial score (nSPS) is 58.2. The van der Waals surface area contributed by atoms with Crippen molar-refractivity contribution in [2.45, 2.75) is 123 Å². The highest BCUT2D eigenvalue weighted by molar-refractivity contribution is 5.90. The highest BCUT2D eigenvalue weighted by Crippen LogP contribution is 2.81. The molecule has 5 aliphatic carbocycles. The first-order chi connectivity index (χ1) is 22.6. The van der Waals surface area contributed by atoms with Crippen LogP contribution in [-0.2, 0) is 52.4 Å². The van der Waals surface area contributed by atoms with Crippen molar-refractivity contribution < 1.29 is 67.7 Å². The minimum Gasteiger partial charge on any atom is -0.462 e. The molecule has 0 amide bonds. The van der Waals surface area contributed by atoms with Gasteiger partial charge < -0.3 is 43.7 Å². The molecule has 3 N–H and O–H groups in total. The van der Waals surface area contributed by atoms with Gasteiger partial charge in [0.1, 0.15) is 30.5 Å². The third kappa shape index (κ3) is 3.53. The molecule has 0 aromatic rings. The van der Waals surface area contributed by atoms with Crippen LogP contribution < -0.4 is 0 Å². The Hall–Kier alpha value is -2.65. The van der Waals surface area contributed by atoms with Crippen molar-refractivity contribution in [1.82, 2.24) is 0 Å². The summed E-state index contributed by atoms with van der Waals surface area (Å²) in [6, 6.07) is 0. The Balaban J connectivity index is 1.40. The van der Waals surface area contributed by atoms with Crippen LogP contribution in [0.4, 0.5) is 0 Å². The van der Waals surface area contributed by atoms with Gasteiger partial charge in [0.2, 0.25) is 11.6 Å². The van der Waals surface area contributed by atoms with E-state index in [1.165, 1.54) is 27.7 Å². The minimum atomic E-state index is -2.96. The topological polar surface area (TPSA) is 208 Å². The summed E-state index contributed by atoms with van der Waals surface area (Å²) in [5.41, 5.74) is -6.14. The first-order valence-electron chi connectivity index (χ1n) is 17.4. The molecule has 0 aromatic heterocycles. The highest BCUT2D eigenvalue weighted by atomic mass is 16.8. The zero-order valence-corrected chi connectivity index (χ0v) is 29.1. The van der Waals surface area contributed by atoms with E-state index in [0.29, 0.717) is 0 Å². The molecule has 3 heterocycles. The van der Waals surface area contributed by atoms with Gasteiger partial charge in [-0.3, -0.25) is 19.2 Å². The maximum atomic E-state index is 14.5. The molecular weight excluding hydrogens is 644 g/mol. The average Bonchev–Trinajstić information content (AvgIpc) is 3.88. The summed E-state index contributed by atoms with van der Waals surface area (Å²) < 4.78 is 36.4. The monoisotopic (exact) mass is 690 g/mol. The fourth-order valence-electron chi connectivity index (χ4n) is 13.5. The zero-order valence-electron chi connectivity index (χ0n) is 29.1. The molecule has 19 atom stereocenters. The largest absolute Gasteiger partial charge is 0.462 e. The van der Waals surface area contributed by atoms with Crippen molar-refractivity contribution in [2.24, 2.45) is 63.6 Å². The Morgan fingerprint density at radius 2 is 1.33 bits per heavy atom. The predicted octanol–water partition coefficient (Wildman–Crippen LogP) is 0.648. The number of epoxide rings is 2. The lowest BCUT2D eigenvalue weighted by Crippen LogP contribution is -2.76. The molecule has 3 aliphatic heterocycles. The summed E-state index contributed by atoms with van der Waals surface area (Å²) >= 11 is 0. The lowest BCUT2D eigenvalue weighted by atomic mass is 9.39.